The van der Waals surface area contributed by atoms with Crippen LogP contribution in [0.1, 0.15) is 21.5 Å². The maximum atomic E-state index is 12.4. The molecule has 0 spiro atoms. The first-order chi connectivity index (χ1) is 15.4. The van der Waals surface area contributed by atoms with Crippen LogP contribution < -0.4 is 14.9 Å². The van der Waals surface area contributed by atoms with Gasteiger partial charge in [0.1, 0.15) is 18.1 Å². The zero-order chi connectivity index (χ0) is 23.1. The molecule has 8 nitrogen and oxygen atoms in total. The number of nitro groups is 1. The number of methoxy groups -OCH3 is 1. The number of halogens is 2. The van der Waals surface area contributed by atoms with E-state index < -0.39 is 10.8 Å². The van der Waals surface area contributed by atoms with Gasteiger partial charge in [-0.1, -0.05) is 29.8 Å². The number of hydrazone groups is 1. The Morgan fingerprint density at radius 1 is 1.19 bits per heavy atom. The maximum absolute atomic E-state index is 12.4. The topological polar surface area (TPSA) is 103 Å². The average molecular weight is 519 g/mol. The SMILES string of the molecule is COc1ccc([N+](=O)[O-])cc1C(=O)N/N=C\c1ccc(OCc2ccccc2Cl)c(Br)c1. The van der Waals surface area contributed by atoms with E-state index in [0.29, 0.717) is 27.4 Å². The van der Waals surface area contributed by atoms with Crippen LogP contribution in [-0.4, -0.2) is 24.2 Å². The van der Waals surface area contributed by atoms with Crippen LogP contribution in [0.5, 0.6) is 11.5 Å². The van der Waals surface area contributed by atoms with E-state index in [-0.39, 0.29) is 17.0 Å². The quantitative estimate of drug-likeness (QED) is 0.246. The molecule has 1 amide bonds. The molecule has 3 rings (SSSR count). The summed E-state index contributed by atoms with van der Waals surface area (Å²) in [6.45, 7) is 0.312. The molecule has 0 atom stereocenters. The lowest BCUT2D eigenvalue weighted by atomic mass is 10.1. The minimum absolute atomic E-state index is 0.00310. The van der Waals surface area contributed by atoms with E-state index in [9.17, 15) is 14.9 Å². The van der Waals surface area contributed by atoms with Gasteiger partial charge in [0.25, 0.3) is 11.6 Å². The van der Waals surface area contributed by atoms with Gasteiger partial charge in [-0.05, 0) is 51.8 Å². The van der Waals surface area contributed by atoms with Crippen LogP contribution in [0.15, 0.2) is 70.2 Å². The van der Waals surface area contributed by atoms with Crippen molar-refractivity contribution in [3.63, 3.8) is 0 Å². The molecule has 10 heteroatoms. The predicted octanol–water partition coefficient (Wildman–Crippen LogP) is 5.36. The zero-order valence-corrected chi connectivity index (χ0v) is 19.1. The fourth-order valence-electron chi connectivity index (χ4n) is 2.70. The summed E-state index contributed by atoms with van der Waals surface area (Å²) in [7, 11) is 1.37. The predicted molar refractivity (Wildman–Crippen MR) is 125 cm³/mol. The Hall–Kier alpha value is -3.43. The summed E-state index contributed by atoms with van der Waals surface area (Å²) >= 11 is 9.59. The van der Waals surface area contributed by atoms with Gasteiger partial charge in [-0.3, -0.25) is 14.9 Å². The standard InChI is InChI=1S/C22H17BrClN3O5/c1-31-20-9-7-16(27(29)30)11-17(20)22(28)26-25-12-14-6-8-21(18(23)10-14)32-13-15-4-2-3-5-19(15)24/h2-12H,13H2,1H3,(H,26,28)/b25-12-. The molecule has 0 aromatic heterocycles. The van der Waals surface area contributed by atoms with E-state index in [1.807, 2.05) is 18.2 Å². The number of rotatable bonds is 8. The first-order valence-corrected chi connectivity index (χ1v) is 10.4. The van der Waals surface area contributed by atoms with Gasteiger partial charge in [-0.15, -0.1) is 0 Å². The van der Waals surface area contributed by atoms with E-state index in [0.717, 1.165) is 11.6 Å². The first kappa shape index (κ1) is 23.2. The molecule has 1 N–H and O–H groups in total. The molecule has 0 aliphatic rings. The van der Waals surface area contributed by atoms with Crippen LogP contribution in [0.3, 0.4) is 0 Å². The molecule has 0 bridgehead atoms. The Bertz CT molecular complexity index is 1190. The van der Waals surface area contributed by atoms with Crippen molar-refractivity contribution in [2.75, 3.05) is 7.11 Å². The van der Waals surface area contributed by atoms with Crippen LogP contribution in [-0.2, 0) is 6.61 Å². The number of ether oxygens (including phenoxy) is 2. The first-order valence-electron chi connectivity index (χ1n) is 9.20. The molecule has 3 aromatic rings. The second kappa shape index (κ2) is 10.7. The van der Waals surface area contributed by atoms with Crippen molar-refractivity contribution in [3.8, 4) is 11.5 Å². The smallest absolute Gasteiger partial charge is 0.275 e. The third-order valence-electron chi connectivity index (χ3n) is 4.32. The molecule has 3 aromatic carbocycles. The highest BCUT2D eigenvalue weighted by Gasteiger charge is 2.17. The van der Waals surface area contributed by atoms with Gasteiger partial charge in [0.05, 0.1) is 28.3 Å². The number of hydrogen-bond donors (Lipinski definition) is 1. The molecule has 0 saturated heterocycles. The number of nitro benzene ring substituents is 1. The summed E-state index contributed by atoms with van der Waals surface area (Å²) in [5.41, 5.74) is 3.67. The number of hydrogen-bond acceptors (Lipinski definition) is 6. The summed E-state index contributed by atoms with van der Waals surface area (Å²) in [6, 6.07) is 16.4. The van der Waals surface area contributed by atoms with Gasteiger partial charge < -0.3 is 9.47 Å². The Balaban J connectivity index is 1.65. The van der Waals surface area contributed by atoms with Crippen LogP contribution in [0.2, 0.25) is 5.02 Å². The lowest BCUT2D eigenvalue weighted by Gasteiger charge is -2.10. The van der Waals surface area contributed by atoms with E-state index in [1.165, 1.54) is 25.5 Å². The van der Waals surface area contributed by atoms with Crippen molar-refractivity contribution < 1.29 is 19.2 Å². The largest absolute Gasteiger partial charge is 0.496 e. The Morgan fingerprint density at radius 2 is 1.94 bits per heavy atom. The molecule has 0 fully saturated rings. The van der Waals surface area contributed by atoms with E-state index in [4.69, 9.17) is 21.1 Å². The highest BCUT2D eigenvalue weighted by atomic mass is 79.9. The summed E-state index contributed by atoms with van der Waals surface area (Å²) in [5, 5.41) is 15.5. The monoisotopic (exact) mass is 517 g/mol. The molecule has 0 heterocycles. The second-order valence-corrected chi connectivity index (χ2v) is 7.67. The van der Waals surface area contributed by atoms with Crippen LogP contribution in [0, 0.1) is 10.1 Å². The Kier molecular flexibility index (Phi) is 7.80. The van der Waals surface area contributed by atoms with E-state index in [2.05, 4.69) is 26.5 Å². The van der Waals surface area contributed by atoms with Gasteiger partial charge in [0, 0.05) is 22.7 Å². The Morgan fingerprint density at radius 3 is 2.62 bits per heavy atom. The maximum Gasteiger partial charge on any atom is 0.275 e. The average Bonchev–Trinajstić information content (AvgIpc) is 2.79. The minimum Gasteiger partial charge on any atom is -0.496 e. The molecule has 0 aliphatic carbocycles. The molecule has 0 aliphatic heterocycles. The van der Waals surface area contributed by atoms with Gasteiger partial charge in [-0.25, -0.2) is 5.43 Å². The molecule has 0 unspecified atom stereocenters. The van der Waals surface area contributed by atoms with Crippen molar-refractivity contribution >= 4 is 45.3 Å². The van der Waals surface area contributed by atoms with Crippen molar-refractivity contribution in [1.29, 1.82) is 0 Å². The van der Waals surface area contributed by atoms with Crippen molar-refractivity contribution in [3.05, 3.63) is 97.0 Å². The fourth-order valence-corrected chi connectivity index (χ4v) is 3.40. The zero-order valence-electron chi connectivity index (χ0n) is 16.7. The second-order valence-electron chi connectivity index (χ2n) is 6.41. The van der Waals surface area contributed by atoms with Crippen molar-refractivity contribution in [1.82, 2.24) is 5.43 Å². The van der Waals surface area contributed by atoms with Gasteiger partial charge >= 0.3 is 0 Å². The van der Waals surface area contributed by atoms with Crippen LogP contribution in [0.4, 0.5) is 5.69 Å². The number of carbonyl (C=O) groups excluding carboxylic acids is 1. The highest BCUT2D eigenvalue weighted by molar-refractivity contribution is 9.10. The lowest BCUT2D eigenvalue weighted by Crippen LogP contribution is -2.18. The van der Waals surface area contributed by atoms with Crippen LogP contribution in [0.25, 0.3) is 0 Å². The van der Waals surface area contributed by atoms with Gasteiger partial charge in [-0.2, -0.15) is 5.10 Å². The van der Waals surface area contributed by atoms with Gasteiger partial charge in [0.2, 0.25) is 0 Å². The third kappa shape index (κ3) is 5.83. The molecule has 164 valence electrons. The molecular weight excluding hydrogens is 502 g/mol. The van der Waals surface area contributed by atoms with Crippen molar-refractivity contribution in [2.45, 2.75) is 6.61 Å². The number of carbonyl (C=O) groups is 1. The molecule has 0 saturated carbocycles. The number of nitrogens with zero attached hydrogens (tertiary/aromatic N) is 2. The third-order valence-corrected chi connectivity index (χ3v) is 5.30. The van der Waals surface area contributed by atoms with Crippen LogP contribution >= 0.6 is 27.5 Å². The molecule has 32 heavy (non-hydrogen) atoms. The summed E-state index contributed by atoms with van der Waals surface area (Å²) in [4.78, 5) is 22.8. The van der Waals surface area contributed by atoms with Gasteiger partial charge in [0.15, 0.2) is 0 Å². The van der Waals surface area contributed by atoms with E-state index in [1.54, 1.807) is 24.3 Å². The van der Waals surface area contributed by atoms with E-state index >= 15 is 0 Å². The highest BCUT2D eigenvalue weighted by Crippen LogP contribution is 2.27. The number of benzene rings is 3. The molecular formula is C22H17BrClN3O5. The number of amides is 1. The summed E-state index contributed by atoms with van der Waals surface area (Å²) in [6.07, 6.45) is 1.43. The summed E-state index contributed by atoms with van der Waals surface area (Å²) < 4.78 is 11.6. The number of non-ortho nitro benzene ring substituents is 1. The van der Waals surface area contributed by atoms with Crippen molar-refractivity contribution in [2.24, 2.45) is 5.10 Å². The normalized spacial score (nSPS) is 10.7. The lowest BCUT2D eigenvalue weighted by molar-refractivity contribution is -0.384. The molecule has 0 radical (unpaired) electrons. The summed E-state index contributed by atoms with van der Waals surface area (Å²) in [5.74, 6) is 0.180. The number of nitrogens with one attached hydrogen (secondary N) is 1. The fraction of sp³-hybridized carbons (Fsp3) is 0.0909. The Labute approximate surface area is 197 Å². The minimum atomic E-state index is -0.638.